The first-order valence-electron chi connectivity index (χ1n) is 5.04. The van der Waals surface area contributed by atoms with Crippen LogP contribution in [0.4, 0.5) is 0 Å². The second-order valence-electron chi connectivity index (χ2n) is 3.57. The molecule has 2 aromatic rings. The van der Waals surface area contributed by atoms with Crippen LogP contribution in [0.3, 0.4) is 0 Å². The highest BCUT2D eigenvalue weighted by Gasteiger charge is 2.02. The number of hydrogen-bond acceptors (Lipinski definition) is 2. The van der Waals surface area contributed by atoms with Crippen molar-refractivity contribution >= 4 is 18.4 Å². The first-order chi connectivity index (χ1) is 8.20. The van der Waals surface area contributed by atoms with Crippen molar-refractivity contribution in [1.29, 1.82) is 5.26 Å². The second kappa shape index (κ2) is 5.85. The molecule has 0 heterocycles. The highest BCUT2D eigenvalue weighted by atomic mass is 35.5. The Labute approximate surface area is 111 Å². The lowest BCUT2D eigenvalue weighted by atomic mass is 10.0. The van der Waals surface area contributed by atoms with E-state index in [2.05, 4.69) is 6.07 Å². The number of benzene rings is 2. The monoisotopic (exact) mass is 259 g/mol. The fraction of sp³-hybridized carbons (Fsp3) is 0. The van der Waals surface area contributed by atoms with Crippen molar-refractivity contribution in [3.8, 4) is 17.2 Å². The number of halogens is 1. The predicted octanol–water partition coefficient (Wildman–Crippen LogP) is 3.35. The van der Waals surface area contributed by atoms with Crippen molar-refractivity contribution in [2.75, 3.05) is 0 Å². The first-order valence-corrected chi connectivity index (χ1v) is 5.04. The van der Waals surface area contributed by atoms with E-state index in [0.29, 0.717) is 5.56 Å². The molecule has 2 rings (SSSR count). The highest BCUT2D eigenvalue weighted by molar-refractivity contribution is 5.88. The molecule has 0 atom stereocenters. The molecule has 0 aromatic heterocycles. The minimum Gasteiger partial charge on any atom is -0.478 e. The van der Waals surface area contributed by atoms with E-state index in [-0.39, 0.29) is 18.0 Å². The van der Waals surface area contributed by atoms with Gasteiger partial charge in [-0.25, -0.2) is 4.79 Å². The topological polar surface area (TPSA) is 61.1 Å². The molecule has 0 aliphatic heterocycles. The molecule has 90 valence electrons. The van der Waals surface area contributed by atoms with E-state index < -0.39 is 5.97 Å². The normalized spacial score (nSPS) is 9.06. The molecule has 0 amide bonds. The zero-order valence-electron chi connectivity index (χ0n) is 9.33. The molecule has 18 heavy (non-hydrogen) atoms. The van der Waals surface area contributed by atoms with E-state index in [1.165, 1.54) is 0 Å². The molecule has 3 nitrogen and oxygen atoms in total. The Hall–Kier alpha value is -2.31. The van der Waals surface area contributed by atoms with Crippen LogP contribution in [0, 0.1) is 11.3 Å². The van der Waals surface area contributed by atoms with Crippen LogP contribution in [0.5, 0.6) is 0 Å². The summed E-state index contributed by atoms with van der Waals surface area (Å²) in [5.41, 5.74) is 2.76. The lowest BCUT2D eigenvalue weighted by Crippen LogP contribution is -1.94. The van der Waals surface area contributed by atoms with Crippen LogP contribution < -0.4 is 0 Å². The second-order valence-corrected chi connectivity index (χ2v) is 3.57. The average Bonchev–Trinajstić information content (AvgIpc) is 2.39. The van der Waals surface area contributed by atoms with E-state index in [0.717, 1.165) is 11.1 Å². The van der Waals surface area contributed by atoms with E-state index in [1.54, 1.807) is 36.4 Å². The van der Waals surface area contributed by atoms with Gasteiger partial charge >= 0.3 is 5.97 Å². The maximum atomic E-state index is 10.7. The Bertz CT molecular complexity index is 583. The van der Waals surface area contributed by atoms with Crippen molar-refractivity contribution in [3.63, 3.8) is 0 Å². The Morgan fingerprint density at radius 3 is 1.78 bits per heavy atom. The summed E-state index contributed by atoms with van der Waals surface area (Å²) in [5, 5.41) is 17.5. The highest BCUT2D eigenvalue weighted by Crippen LogP contribution is 2.20. The fourth-order valence-corrected chi connectivity index (χ4v) is 1.54. The molecule has 0 unspecified atom stereocenters. The SMILES string of the molecule is Cl.N#Cc1ccc(-c2ccc(C(=O)O)cc2)cc1. The summed E-state index contributed by atoms with van der Waals surface area (Å²) in [6.07, 6.45) is 0. The molecule has 4 heteroatoms. The molecule has 0 radical (unpaired) electrons. The van der Waals surface area contributed by atoms with Gasteiger partial charge in [0.25, 0.3) is 0 Å². The average molecular weight is 260 g/mol. The van der Waals surface area contributed by atoms with Crippen LogP contribution >= 0.6 is 12.4 Å². The molecule has 0 saturated heterocycles. The molecule has 0 fully saturated rings. The third kappa shape index (κ3) is 2.88. The van der Waals surface area contributed by atoms with Crippen molar-refractivity contribution in [2.45, 2.75) is 0 Å². The number of carboxylic acids is 1. The van der Waals surface area contributed by atoms with Crippen LogP contribution in [-0.2, 0) is 0 Å². The van der Waals surface area contributed by atoms with E-state index in [1.807, 2.05) is 12.1 Å². The maximum Gasteiger partial charge on any atom is 0.335 e. The van der Waals surface area contributed by atoms with Crippen molar-refractivity contribution < 1.29 is 9.90 Å². The van der Waals surface area contributed by atoms with Crippen LogP contribution in [0.1, 0.15) is 15.9 Å². The van der Waals surface area contributed by atoms with Gasteiger partial charge in [0, 0.05) is 0 Å². The Morgan fingerprint density at radius 1 is 0.944 bits per heavy atom. The van der Waals surface area contributed by atoms with Gasteiger partial charge in [0.15, 0.2) is 0 Å². The standard InChI is InChI=1S/C14H9NO2.ClH/c15-9-10-1-3-11(4-2-10)12-5-7-13(8-6-12)14(16)17;/h1-8H,(H,16,17);1H. The maximum absolute atomic E-state index is 10.7. The largest absolute Gasteiger partial charge is 0.478 e. The summed E-state index contributed by atoms with van der Waals surface area (Å²) in [6.45, 7) is 0. The van der Waals surface area contributed by atoms with Gasteiger partial charge in [0.05, 0.1) is 17.2 Å². The molecule has 0 aliphatic carbocycles. The van der Waals surface area contributed by atoms with E-state index in [9.17, 15) is 4.79 Å². The third-order valence-electron chi connectivity index (χ3n) is 2.48. The molecule has 0 aliphatic rings. The number of aromatic carboxylic acids is 1. The van der Waals surface area contributed by atoms with Crippen molar-refractivity contribution in [3.05, 3.63) is 59.7 Å². The number of carboxylic acid groups (broad SMARTS) is 1. The number of carbonyl (C=O) groups is 1. The van der Waals surface area contributed by atoms with Gasteiger partial charge in [-0.1, -0.05) is 24.3 Å². The van der Waals surface area contributed by atoms with Crippen molar-refractivity contribution in [2.24, 2.45) is 0 Å². The third-order valence-corrected chi connectivity index (χ3v) is 2.48. The summed E-state index contributed by atoms with van der Waals surface area (Å²) in [4.78, 5) is 10.7. The molecular weight excluding hydrogens is 250 g/mol. The van der Waals surface area contributed by atoms with Gasteiger partial charge in [0.1, 0.15) is 0 Å². The number of hydrogen-bond donors (Lipinski definition) is 1. The number of nitriles is 1. The Balaban J connectivity index is 0.00000162. The van der Waals surface area contributed by atoms with E-state index >= 15 is 0 Å². The molecule has 1 N–H and O–H groups in total. The molecule has 0 saturated carbocycles. The van der Waals surface area contributed by atoms with E-state index in [4.69, 9.17) is 10.4 Å². The van der Waals surface area contributed by atoms with Gasteiger partial charge in [-0.15, -0.1) is 12.4 Å². The minimum atomic E-state index is -0.934. The van der Waals surface area contributed by atoms with Crippen LogP contribution in [0.15, 0.2) is 48.5 Å². The summed E-state index contributed by atoms with van der Waals surface area (Å²) in [7, 11) is 0. The lowest BCUT2D eigenvalue weighted by Gasteiger charge is -2.02. The zero-order chi connectivity index (χ0) is 12.3. The summed E-state index contributed by atoms with van der Waals surface area (Å²) in [6, 6.07) is 15.8. The quantitative estimate of drug-likeness (QED) is 0.900. The first kappa shape index (κ1) is 13.8. The lowest BCUT2D eigenvalue weighted by molar-refractivity contribution is 0.0697. The predicted molar refractivity (Wildman–Crippen MR) is 70.8 cm³/mol. The molecule has 0 spiro atoms. The summed E-state index contributed by atoms with van der Waals surface area (Å²) in [5.74, 6) is -0.934. The van der Waals surface area contributed by atoms with Gasteiger partial charge < -0.3 is 5.11 Å². The Kier molecular flexibility index (Phi) is 4.47. The zero-order valence-corrected chi connectivity index (χ0v) is 10.1. The summed E-state index contributed by atoms with van der Waals surface area (Å²) < 4.78 is 0. The van der Waals surface area contributed by atoms with Gasteiger partial charge in [-0.3, -0.25) is 0 Å². The van der Waals surface area contributed by atoms with Gasteiger partial charge in [-0.05, 0) is 35.4 Å². The number of nitrogens with zero attached hydrogens (tertiary/aromatic N) is 1. The van der Waals surface area contributed by atoms with Crippen LogP contribution in [0.2, 0.25) is 0 Å². The molecule has 2 aromatic carbocycles. The van der Waals surface area contributed by atoms with Gasteiger partial charge in [0.2, 0.25) is 0 Å². The number of rotatable bonds is 2. The van der Waals surface area contributed by atoms with Crippen LogP contribution in [0.25, 0.3) is 11.1 Å². The Morgan fingerprint density at radius 2 is 1.39 bits per heavy atom. The minimum absolute atomic E-state index is 0. The van der Waals surface area contributed by atoms with Gasteiger partial charge in [-0.2, -0.15) is 5.26 Å². The molecule has 0 bridgehead atoms. The fourth-order valence-electron chi connectivity index (χ4n) is 1.54. The smallest absolute Gasteiger partial charge is 0.335 e. The molecular formula is C14H10ClNO2. The van der Waals surface area contributed by atoms with Crippen LogP contribution in [-0.4, -0.2) is 11.1 Å². The van der Waals surface area contributed by atoms with Crippen molar-refractivity contribution in [1.82, 2.24) is 0 Å². The summed E-state index contributed by atoms with van der Waals surface area (Å²) >= 11 is 0.